The van der Waals surface area contributed by atoms with Crippen LogP contribution in [-0.4, -0.2) is 21.4 Å². The molecule has 1 fully saturated rings. The van der Waals surface area contributed by atoms with E-state index in [2.05, 4.69) is 10.0 Å². The van der Waals surface area contributed by atoms with Crippen molar-refractivity contribution in [1.82, 2.24) is 10.0 Å². The van der Waals surface area contributed by atoms with Crippen molar-refractivity contribution >= 4 is 27.5 Å². The molecule has 1 saturated carbocycles. The Hall–Kier alpha value is -1.89. The largest absolute Gasteiger partial charge is 0.345 e. The molecule has 0 heterocycles. The molecule has 0 bridgehead atoms. The third-order valence-corrected chi connectivity index (χ3v) is 5.99. The fourth-order valence-electron chi connectivity index (χ4n) is 2.70. The molecule has 1 atom stereocenters. The second-order valence-corrected chi connectivity index (χ2v) is 8.40. The molecular formula is C18H19ClN2O3S. The highest BCUT2D eigenvalue weighted by Gasteiger charge is 2.33. The van der Waals surface area contributed by atoms with Gasteiger partial charge < -0.3 is 5.32 Å². The van der Waals surface area contributed by atoms with E-state index in [1.54, 1.807) is 0 Å². The van der Waals surface area contributed by atoms with Crippen LogP contribution in [0, 0.1) is 5.92 Å². The van der Waals surface area contributed by atoms with Crippen molar-refractivity contribution in [3.63, 3.8) is 0 Å². The molecule has 1 amide bonds. The zero-order valence-electron chi connectivity index (χ0n) is 13.7. The van der Waals surface area contributed by atoms with Crippen LogP contribution in [-0.2, 0) is 10.0 Å². The molecule has 1 aliphatic rings. The molecule has 1 aliphatic carbocycles. The topological polar surface area (TPSA) is 75.3 Å². The summed E-state index contributed by atoms with van der Waals surface area (Å²) in [7, 11) is -2.16. The molecule has 0 aliphatic heterocycles. The minimum Gasteiger partial charge on any atom is -0.345 e. The number of benzene rings is 2. The molecule has 0 radical (unpaired) electrons. The Morgan fingerprint density at radius 1 is 1.08 bits per heavy atom. The second-order valence-electron chi connectivity index (χ2n) is 6.07. The number of halogens is 1. The summed E-state index contributed by atoms with van der Waals surface area (Å²) in [6, 6.07) is 13.3. The van der Waals surface area contributed by atoms with Crippen LogP contribution >= 0.6 is 11.6 Å². The van der Waals surface area contributed by atoms with Gasteiger partial charge in [-0.3, -0.25) is 4.79 Å². The summed E-state index contributed by atoms with van der Waals surface area (Å²) in [5.74, 6) is 0.203. The van der Waals surface area contributed by atoms with Crippen LogP contribution in [0.1, 0.15) is 34.8 Å². The zero-order chi connectivity index (χ0) is 18.0. The summed E-state index contributed by atoms with van der Waals surface area (Å²) in [5.41, 5.74) is 1.45. The van der Waals surface area contributed by atoms with Gasteiger partial charge in [-0.25, -0.2) is 13.1 Å². The molecular weight excluding hydrogens is 360 g/mol. The Labute approximate surface area is 152 Å². The Balaban J connectivity index is 1.77. The van der Waals surface area contributed by atoms with Crippen molar-refractivity contribution in [3.05, 3.63) is 64.7 Å². The Kier molecular flexibility index (Phi) is 5.13. The molecule has 7 heteroatoms. The van der Waals surface area contributed by atoms with Gasteiger partial charge in [-0.15, -0.1) is 0 Å². The lowest BCUT2D eigenvalue weighted by Crippen LogP contribution is -2.30. The Morgan fingerprint density at radius 2 is 1.68 bits per heavy atom. The molecule has 5 nitrogen and oxygen atoms in total. The predicted molar refractivity (Wildman–Crippen MR) is 97.1 cm³/mol. The van der Waals surface area contributed by atoms with Gasteiger partial charge in [0, 0.05) is 10.6 Å². The molecule has 132 valence electrons. The van der Waals surface area contributed by atoms with Crippen molar-refractivity contribution in [2.45, 2.75) is 23.8 Å². The maximum atomic E-state index is 12.6. The lowest BCUT2D eigenvalue weighted by Gasteiger charge is -2.19. The first-order valence-electron chi connectivity index (χ1n) is 8.00. The van der Waals surface area contributed by atoms with Gasteiger partial charge in [0.25, 0.3) is 5.91 Å². The lowest BCUT2D eigenvalue weighted by atomic mass is 10.0. The van der Waals surface area contributed by atoms with Crippen LogP contribution in [0.15, 0.2) is 53.4 Å². The van der Waals surface area contributed by atoms with Crippen molar-refractivity contribution in [2.24, 2.45) is 5.92 Å². The normalized spacial score (nSPS) is 15.6. The van der Waals surface area contributed by atoms with Crippen LogP contribution in [0.25, 0.3) is 0 Å². The van der Waals surface area contributed by atoms with Gasteiger partial charge in [0.1, 0.15) is 0 Å². The van der Waals surface area contributed by atoms with Crippen LogP contribution in [0.2, 0.25) is 5.02 Å². The SMILES string of the molecule is CNS(=O)(=O)c1ccc(C(=O)NC(c2ccc(Cl)cc2)C2CC2)cc1. The molecule has 3 rings (SSSR count). The number of carbonyl (C=O) groups is 1. The minimum atomic E-state index is -3.51. The van der Waals surface area contributed by atoms with Crippen molar-refractivity contribution in [1.29, 1.82) is 0 Å². The first-order valence-corrected chi connectivity index (χ1v) is 9.87. The van der Waals surface area contributed by atoms with Crippen LogP contribution in [0.5, 0.6) is 0 Å². The fraction of sp³-hybridized carbons (Fsp3) is 0.278. The average Bonchev–Trinajstić information content (AvgIpc) is 3.45. The highest BCUT2D eigenvalue weighted by Crippen LogP contribution is 2.41. The van der Waals surface area contributed by atoms with Gasteiger partial charge in [0.2, 0.25) is 10.0 Å². The first-order chi connectivity index (χ1) is 11.9. The average molecular weight is 379 g/mol. The number of carbonyl (C=O) groups excluding carboxylic acids is 1. The minimum absolute atomic E-state index is 0.0644. The standard InChI is InChI=1S/C18H19ClN2O3S/c1-20-25(23,24)16-10-6-14(7-11-16)18(22)21-17(12-2-3-12)13-4-8-15(19)9-5-13/h4-12,17,20H,2-3H2,1H3,(H,21,22). The Morgan fingerprint density at radius 3 is 2.20 bits per heavy atom. The van der Waals surface area contributed by atoms with Gasteiger partial charge in [0.15, 0.2) is 0 Å². The van der Waals surface area contributed by atoms with Gasteiger partial charge >= 0.3 is 0 Å². The van der Waals surface area contributed by atoms with Crippen molar-refractivity contribution < 1.29 is 13.2 Å². The molecule has 0 saturated heterocycles. The number of rotatable bonds is 6. The number of hydrogen-bond acceptors (Lipinski definition) is 3. The summed E-state index contributed by atoms with van der Waals surface area (Å²) in [6.07, 6.45) is 2.15. The van der Waals surface area contributed by atoms with Crippen molar-refractivity contribution in [2.75, 3.05) is 7.05 Å². The fourth-order valence-corrected chi connectivity index (χ4v) is 3.56. The van der Waals surface area contributed by atoms with Gasteiger partial charge in [-0.2, -0.15) is 0 Å². The first kappa shape index (κ1) is 17.9. The van der Waals surface area contributed by atoms with E-state index in [-0.39, 0.29) is 16.8 Å². The van der Waals surface area contributed by atoms with Crippen LogP contribution in [0.4, 0.5) is 0 Å². The van der Waals surface area contributed by atoms with Crippen LogP contribution < -0.4 is 10.0 Å². The monoisotopic (exact) mass is 378 g/mol. The summed E-state index contributed by atoms with van der Waals surface area (Å²) >= 11 is 5.94. The van der Waals surface area contributed by atoms with Gasteiger partial charge in [-0.1, -0.05) is 23.7 Å². The number of nitrogens with one attached hydrogen (secondary N) is 2. The quantitative estimate of drug-likeness (QED) is 0.810. The molecule has 0 spiro atoms. The van der Waals surface area contributed by atoms with E-state index in [1.807, 2.05) is 24.3 Å². The van der Waals surface area contributed by atoms with E-state index < -0.39 is 10.0 Å². The zero-order valence-corrected chi connectivity index (χ0v) is 15.3. The molecule has 25 heavy (non-hydrogen) atoms. The number of amides is 1. The summed E-state index contributed by atoms with van der Waals surface area (Å²) in [5, 5.41) is 3.71. The second kappa shape index (κ2) is 7.15. The highest BCUT2D eigenvalue weighted by molar-refractivity contribution is 7.89. The Bertz CT molecular complexity index is 860. The third-order valence-electron chi connectivity index (χ3n) is 4.30. The smallest absolute Gasteiger partial charge is 0.251 e. The van der Waals surface area contributed by atoms with Crippen molar-refractivity contribution in [3.8, 4) is 0 Å². The van der Waals surface area contributed by atoms with E-state index in [0.717, 1.165) is 18.4 Å². The predicted octanol–water partition coefficient (Wildman–Crippen LogP) is 3.13. The van der Waals surface area contributed by atoms with E-state index in [9.17, 15) is 13.2 Å². The summed E-state index contributed by atoms with van der Waals surface area (Å²) < 4.78 is 25.7. The number of hydrogen-bond donors (Lipinski definition) is 2. The summed E-state index contributed by atoms with van der Waals surface area (Å²) in [4.78, 5) is 12.7. The third kappa shape index (κ3) is 4.21. The molecule has 2 N–H and O–H groups in total. The van der Waals surface area contributed by atoms with Gasteiger partial charge in [0.05, 0.1) is 10.9 Å². The molecule has 1 unspecified atom stereocenters. The molecule has 0 aromatic heterocycles. The highest BCUT2D eigenvalue weighted by atomic mass is 35.5. The van der Waals surface area contributed by atoms with E-state index in [4.69, 9.17) is 11.6 Å². The number of sulfonamides is 1. The van der Waals surface area contributed by atoms with E-state index in [1.165, 1.54) is 31.3 Å². The maximum absolute atomic E-state index is 12.6. The molecule has 2 aromatic carbocycles. The summed E-state index contributed by atoms with van der Waals surface area (Å²) in [6.45, 7) is 0. The lowest BCUT2D eigenvalue weighted by molar-refractivity contribution is 0.0931. The maximum Gasteiger partial charge on any atom is 0.251 e. The van der Waals surface area contributed by atoms with Crippen LogP contribution in [0.3, 0.4) is 0 Å². The van der Waals surface area contributed by atoms with E-state index >= 15 is 0 Å². The van der Waals surface area contributed by atoms with Gasteiger partial charge in [-0.05, 0) is 67.8 Å². The molecule has 2 aromatic rings. The van der Waals surface area contributed by atoms with E-state index in [0.29, 0.717) is 16.5 Å².